The van der Waals surface area contributed by atoms with Crippen LogP contribution in [0, 0.1) is 5.82 Å². The molecule has 0 aromatic carbocycles. The molecule has 0 unspecified atom stereocenters. The molecule has 1 saturated carbocycles. The number of rotatable bonds is 2. The van der Waals surface area contributed by atoms with Crippen molar-refractivity contribution in [2.75, 3.05) is 11.9 Å². The van der Waals surface area contributed by atoms with Gasteiger partial charge in [0.2, 0.25) is 0 Å². The first kappa shape index (κ1) is 9.33. The Morgan fingerprint density at radius 1 is 1.57 bits per heavy atom. The molecule has 0 bridgehead atoms. The Bertz CT molecular complexity index is 334. The number of hydrogen-bond donors (Lipinski definition) is 1. The van der Waals surface area contributed by atoms with Crippen LogP contribution < -0.4 is 4.90 Å². The zero-order valence-corrected chi connectivity index (χ0v) is 7.89. The summed E-state index contributed by atoms with van der Waals surface area (Å²) in [7, 11) is 1.73. The van der Waals surface area contributed by atoms with Gasteiger partial charge in [0, 0.05) is 7.05 Å². The number of aliphatic hydroxyl groups excluding tert-OH is 1. The minimum absolute atomic E-state index is 0.0144. The van der Waals surface area contributed by atoms with Crippen molar-refractivity contribution in [2.45, 2.75) is 25.0 Å². The Morgan fingerprint density at radius 2 is 2.36 bits per heavy atom. The van der Waals surface area contributed by atoms with Crippen LogP contribution in [0.3, 0.4) is 0 Å². The summed E-state index contributed by atoms with van der Waals surface area (Å²) in [6.07, 6.45) is 3.72. The summed E-state index contributed by atoms with van der Waals surface area (Å²) >= 11 is 0. The van der Waals surface area contributed by atoms with Gasteiger partial charge >= 0.3 is 0 Å². The van der Waals surface area contributed by atoms with Crippen molar-refractivity contribution in [1.82, 2.24) is 9.97 Å². The summed E-state index contributed by atoms with van der Waals surface area (Å²) in [4.78, 5) is 9.09. The Balaban J connectivity index is 2.18. The third kappa shape index (κ3) is 1.43. The van der Waals surface area contributed by atoms with E-state index in [1.807, 2.05) is 0 Å². The van der Waals surface area contributed by atoms with Crippen LogP contribution in [0.1, 0.15) is 12.8 Å². The fraction of sp³-hybridized carbons (Fsp3) is 0.556. The summed E-state index contributed by atoms with van der Waals surface area (Å²) < 4.78 is 13.2. The molecule has 1 heterocycles. The van der Waals surface area contributed by atoms with Crippen molar-refractivity contribution >= 4 is 5.82 Å². The summed E-state index contributed by atoms with van der Waals surface area (Å²) in [6.45, 7) is 0. The van der Waals surface area contributed by atoms with Gasteiger partial charge in [0.05, 0.1) is 18.3 Å². The number of nitrogens with zero attached hydrogens (tertiary/aromatic N) is 3. The van der Waals surface area contributed by atoms with Crippen LogP contribution in [-0.2, 0) is 0 Å². The Hall–Kier alpha value is -1.23. The van der Waals surface area contributed by atoms with Gasteiger partial charge in [-0.1, -0.05) is 0 Å². The maximum atomic E-state index is 13.2. The molecule has 0 saturated heterocycles. The molecule has 76 valence electrons. The second-order valence-electron chi connectivity index (χ2n) is 3.52. The molecular formula is C9H12FN3O. The van der Waals surface area contributed by atoms with Gasteiger partial charge < -0.3 is 10.0 Å². The molecule has 4 nitrogen and oxygen atoms in total. The number of anilines is 1. The fourth-order valence-electron chi connectivity index (χ4n) is 1.64. The van der Waals surface area contributed by atoms with Crippen molar-refractivity contribution in [1.29, 1.82) is 0 Å². The van der Waals surface area contributed by atoms with Crippen molar-refractivity contribution < 1.29 is 9.50 Å². The van der Waals surface area contributed by atoms with Crippen LogP contribution >= 0.6 is 0 Å². The monoisotopic (exact) mass is 197 g/mol. The highest BCUT2D eigenvalue weighted by Crippen LogP contribution is 2.28. The molecule has 1 aromatic rings. The fourth-order valence-corrected chi connectivity index (χ4v) is 1.64. The lowest BCUT2D eigenvalue weighted by Gasteiger charge is -2.40. The van der Waals surface area contributed by atoms with E-state index in [0.29, 0.717) is 0 Å². The second kappa shape index (κ2) is 3.49. The number of halogens is 1. The summed E-state index contributed by atoms with van der Waals surface area (Å²) in [5.74, 6) is -0.196. The lowest BCUT2D eigenvalue weighted by Crippen LogP contribution is -2.49. The van der Waals surface area contributed by atoms with Crippen LogP contribution in [0.5, 0.6) is 0 Å². The minimum atomic E-state index is -0.450. The van der Waals surface area contributed by atoms with Crippen molar-refractivity contribution in [3.05, 3.63) is 18.3 Å². The standard InChI is InChI=1S/C9H12FN3O/c1-13(7-2-3-8(7)14)9-6(10)4-11-5-12-9/h4-5,7-8,14H,2-3H2,1H3/t7-,8-/m1/s1. The maximum absolute atomic E-state index is 13.2. The second-order valence-corrected chi connectivity index (χ2v) is 3.52. The van der Waals surface area contributed by atoms with Crippen molar-refractivity contribution in [3.63, 3.8) is 0 Å². The Kier molecular flexibility index (Phi) is 2.33. The molecule has 0 radical (unpaired) electrons. The molecule has 1 aromatic heterocycles. The van der Waals surface area contributed by atoms with Gasteiger partial charge in [-0.05, 0) is 12.8 Å². The maximum Gasteiger partial charge on any atom is 0.183 e. The van der Waals surface area contributed by atoms with Crippen LogP contribution in [0.25, 0.3) is 0 Å². The largest absolute Gasteiger partial charge is 0.391 e. The van der Waals surface area contributed by atoms with E-state index in [1.165, 1.54) is 6.33 Å². The van der Waals surface area contributed by atoms with Crippen LogP contribution in [0.2, 0.25) is 0 Å². The third-order valence-electron chi connectivity index (χ3n) is 2.68. The smallest absolute Gasteiger partial charge is 0.183 e. The summed E-state index contributed by atoms with van der Waals surface area (Å²) in [5, 5.41) is 9.42. The predicted molar refractivity (Wildman–Crippen MR) is 49.4 cm³/mol. The number of likely N-dealkylation sites (N-methyl/N-ethyl adjacent to an activating group) is 1. The number of aromatic nitrogens is 2. The molecular weight excluding hydrogens is 185 g/mol. The lowest BCUT2D eigenvalue weighted by molar-refractivity contribution is 0.0662. The van der Waals surface area contributed by atoms with Crippen molar-refractivity contribution in [2.24, 2.45) is 0 Å². The van der Waals surface area contributed by atoms with Gasteiger partial charge in [-0.15, -0.1) is 0 Å². The van der Waals surface area contributed by atoms with E-state index in [4.69, 9.17) is 0 Å². The van der Waals surface area contributed by atoms with Gasteiger partial charge in [-0.25, -0.2) is 14.4 Å². The number of aliphatic hydroxyl groups is 1. The van der Waals surface area contributed by atoms with Crippen LogP contribution in [-0.4, -0.2) is 34.3 Å². The molecule has 0 spiro atoms. The van der Waals surface area contributed by atoms with Gasteiger partial charge in [-0.3, -0.25) is 0 Å². The highest BCUT2D eigenvalue weighted by molar-refractivity contribution is 5.39. The Labute approximate surface area is 81.4 Å². The third-order valence-corrected chi connectivity index (χ3v) is 2.68. The first-order valence-electron chi connectivity index (χ1n) is 4.56. The van der Waals surface area contributed by atoms with E-state index < -0.39 is 5.82 Å². The zero-order valence-electron chi connectivity index (χ0n) is 7.89. The quantitative estimate of drug-likeness (QED) is 0.753. The molecule has 0 aliphatic heterocycles. The van der Waals surface area contributed by atoms with Gasteiger partial charge in [0.1, 0.15) is 6.33 Å². The van der Waals surface area contributed by atoms with E-state index in [2.05, 4.69) is 9.97 Å². The molecule has 1 fully saturated rings. The lowest BCUT2D eigenvalue weighted by atomic mass is 9.88. The topological polar surface area (TPSA) is 49.2 Å². The van der Waals surface area contributed by atoms with Crippen LogP contribution in [0.4, 0.5) is 10.2 Å². The van der Waals surface area contributed by atoms with Gasteiger partial charge in [-0.2, -0.15) is 0 Å². The molecule has 0 amide bonds. The average Bonchev–Trinajstić information content (AvgIpc) is 2.16. The number of hydrogen-bond acceptors (Lipinski definition) is 4. The summed E-state index contributed by atoms with van der Waals surface area (Å²) in [5.41, 5.74) is 0. The summed E-state index contributed by atoms with van der Waals surface area (Å²) in [6, 6.07) is -0.0144. The van der Waals surface area contributed by atoms with E-state index in [9.17, 15) is 9.50 Å². The highest BCUT2D eigenvalue weighted by Gasteiger charge is 2.33. The average molecular weight is 197 g/mol. The van der Waals surface area contributed by atoms with E-state index in [-0.39, 0.29) is 18.0 Å². The Morgan fingerprint density at radius 3 is 2.86 bits per heavy atom. The van der Waals surface area contributed by atoms with E-state index in [1.54, 1.807) is 11.9 Å². The van der Waals surface area contributed by atoms with Gasteiger partial charge in [0.25, 0.3) is 0 Å². The molecule has 1 aliphatic carbocycles. The molecule has 14 heavy (non-hydrogen) atoms. The minimum Gasteiger partial charge on any atom is -0.391 e. The molecule has 2 atom stereocenters. The normalized spacial score (nSPS) is 25.6. The first-order valence-corrected chi connectivity index (χ1v) is 4.56. The predicted octanol–water partition coefficient (Wildman–Crippen LogP) is 0.575. The first-order chi connectivity index (χ1) is 6.70. The van der Waals surface area contributed by atoms with E-state index >= 15 is 0 Å². The molecule has 1 aliphatic rings. The van der Waals surface area contributed by atoms with Crippen LogP contribution in [0.15, 0.2) is 12.5 Å². The highest BCUT2D eigenvalue weighted by atomic mass is 19.1. The van der Waals surface area contributed by atoms with Crippen molar-refractivity contribution in [3.8, 4) is 0 Å². The zero-order chi connectivity index (χ0) is 10.1. The van der Waals surface area contributed by atoms with E-state index in [0.717, 1.165) is 19.0 Å². The molecule has 5 heteroatoms. The SMILES string of the molecule is CN(c1ncncc1F)[C@@H]1CC[C@H]1O. The van der Waals surface area contributed by atoms with Gasteiger partial charge in [0.15, 0.2) is 11.6 Å². The molecule has 1 N–H and O–H groups in total. The molecule has 2 rings (SSSR count).